The first-order valence-electron chi connectivity index (χ1n) is 9.33. The van der Waals surface area contributed by atoms with Crippen LogP contribution in [0.5, 0.6) is 0 Å². The van der Waals surface area contributed by atoms with Gasteiger partial charge in [0.15, 0.2) is 0 Å². The van der Waals surface area contributed by atoms with Crippen molar-refractivity contribution in [3.05, 3.63) is 35.4 Å². The van der Waals surface area contributed by atoms with Crippen molar-refractivity contribution < 1.29 is 14.3 Å². The summed E-state index contributed by atoms with van der Waals surface area (Å²) >= 11 is 0. The number of nitrogens with one attached hydrogen (secondary N) is 1. The lowest BCUT2D eigenvalue weighted by molar-refractivity contribution is -0.122. The van der Waals surface area contributed by atoms with Gasteiger partial charge in [-0.15, -0.1) is 12.4 Å². The highest BCUT2D eigenvalue weighted by Gasteiger charge is 2.26. The van der Waals surface area contributed by atoms with Gasteiger partial charge in [0.2, 0.25) is 5.91 Å². The summed E-state index contributed by atoms with van der Waals surface area (Å²) in [5, 5.41) is 2.85. The number of hydrogen-bond acceptors (Lipinski definition) is 4. The number of nitrogens with two attached hydrogens (primary N) is 1. The summed E-state index contributed by atoms with van der Waals surface area (Å²) < 4.78 is 5.67. The summed E-state index contributed by atoms with van der Waals surface area (Å²) in [4.78, 5) is 26.5. The minimum absolute atomic E-state index is 0. The number of nitrogens with zero attached hydrogens (tertiary/aromatic N) is 1. The predicted octanol–water partition coefficient (Wildman–Crippen LogP) is 2.35. The monoisotopic (exact) mass is 397 g/mol. The fourth-order valence-electron chi connectivity index (χ4n) is 3.23. The van der Waals surface area contributed by atoms with E-state index in [2.05, 4.69) is 5.32 Å². The molecule has 1 aromatic rings. The van der Waals surface area contributed by atoms with Gasteiger partial charge in [0, 0.05) is 25.2 Å². The summed E-state index contributed by atoms with van der Waals surface area (Å²) in [5.41, 5.74) is 7.47. The zero-order chi connectivity index (χ0) is 19.3. The van der Waals surface area contributed by atoms with Gasteiger partial charge < -0.3 is 20.7 Å². The third-order valence-electron chi connectivity index (χ3n) is 4.44. The zero-order valence-electron chi connectivity index (χ0n) is 16.6. The van der Waals surface area contributed by atoms with Crippen LogP contribution in [0.2, 0.25) is 0 Å². The van der Waals surface area contributed by atoms with Crippen molar-refractivity contribution in [1.82, 2.24) is 10.2 Å². The molecule has 1 saturated heterocycles. The van der Waals surface area contributed by atoms with Gasteiger partial charge in [0.05, 0.1) is 18.2 Å². The van der Waals surface area contributed by atoms with E-state index in [1.54, 1.807) is 0 Å². The van der Waals surface area contributed by atoms with Crippen LogP contribution in [0, 0.1) is 5.92 Å². The highest BCUT2D eigenvalue weighted by atomic mass is 35.5. The predicted molar refractivity (Wildman–Crippen MR) is 109 cm³/mol. The third-order valence-corrected chi connectivity index (χ3v) is 4.44. The van der Waals surface area contributed by atoms with Gasteiger partial charge in [-0.1, -0.05) is 26.0 Å². The van der Waals surface area contributed by atoms with Crippen molar-refractivity contribution in [2.45, 2.75) is 58.9 Å². The second-order valence-corrected chi connectivity index (χ2v) is 7.62. The number of hydrogen-bond donors (Lipinski definition) is 2. The van der Waals surface area contributed by atoms with E-state index in [1.807, 2.05) is 56.9 Å². The summed E-state index contributed by atoms with van der Waals surface area (Å²) in [6.07, 6.45) is 0.759. The number of morpholine rings is 1. The first kappa shape index (κ1) is 23.4. The molecule has 152 valence electrons. The SMILES string of the molecule is CC(C)C[C@H](N)C(=O)NCc1ccc(C(=O)N2CC(C)OC(C)C2)cc1.Cl. The molecule has 0 bridgehead atoms. The largest absolute Gasteiger partial charge is 0.372 e. The fraction of sp³-hybridized carbons (Fsp3) is 0.600. The Morgan fingerprint density at radius 3 is 2.26 bits per heavy atom. The average Bonchev–Trinajstić information content (AvgIpc) is 2.58. The minimum atomic E-state index is -0.485. The normalized spacial score (nSPS) is 20.7. The van der Waals surface area contributed by atoms with Gasteiger partial charge in [-0.05, 0) is 43.9 Å². The topological polar surface area (TPSA) is 84.7 Å². The van der Waals surface area contributed by atoms with Crippen LogP contribution in [0.25, 0.3) is 0 Å². The Morgan fingerprint density at radius 2 is 1.74 bits per heavy atom. The Hall–Kier alpha value is -1.63. The first-order chi connectivity index (χ1) is 12.3. The minimum Gasteiger partial charge on any atom is -0.372 e. The van der Waals surface area contributed by atoms with Gasteiger partial charge in [0.25, 0.3) is 5.91 Å². The number of carbonyl (C=O) groups excluding carboxylic acids is 2. The molecule has 3 atom stereocenters. The highest BCUT2D eigenvalue weighted by Crippen LogP contribution is 2.15. The van der Waals surface area contributed by atoms with Crippen molar-refractivity contribution in [3.63, 3.8) is 0 Å². The lowest BCUT2D eigenvalue weighted by Crippen LogP contribution is -2.48. The fourth-order valence-corrected chi connectivity index (χ4v) is 3.23. The van der Waals surface area contributed by atoms with Gasteiger partial charge >= 0.3 is 0 Å². The van der Waals surface area contributed by atoms with Crippen LogP contribution >= 0.6 is 12.4 Å². The first-order valence-corrected chi connectivity index (χ1v) is 9.33. The molecular weight excluding hydrogens is 366 g/mol. The Morgan fingerprint density at radius 1 is 1.19 bits per heavy atom. The molecule has 3 N–H and O–H groups in total. The second-order valence-electron chi connectivity index (χ2n) is 7.62. The van der Waals surface area contributed by atoms with E-state index in [1.165, 1.54) is 0 Å². The average molecular weight is 398 g/mol. The van der Waals surface area contributed by atoms with Crippen molar-refractivity contribution >= 4 is 24.2 Å². The molecule has 1 aliphatic rings. The molecule has 0 aromatic heterocycles. The molecule has 1 fully saturated rings. The maximum atomic E-state index is 12.6. The van der Waals surface area contributed by atoms with Crippen LogP contribution in [-0.4, -0.2) is 48.1 Å². The maximum absolute atomic E-state index is 12.6. The number of amides is 2. The highest BCUT2D eigenvalue weighted by molar-refractivity contribution is 5.94. The van der Waals surface area contributed by atoms with Gasteiger partial charge in [0.1, 0.15) is 0 Å². The van der Waals surface area contributed by atoms with Crippen molar-refractivity contribution in [1.29, 1.82) is 0 Å². The molecule has 1 heterocycles. The molecule has 1 aromatic carbocycles. The summed E-state index contributed by atoms with van der Waals surface area (Å²) in [6, 6.07) is 6.87. The Labute approximate surface area is 168 Å². The van der Waals surface area contributed by atoms with Crippen LogP contribution in [0.1, 0.15) is 50.0 Å². The number of halogens is 1. The summed E-state index contributed by atoms with van der Waals surface area (Å²) in [5.74, 6) is 0.253. The van der Waals surface area contributed by atoms with Crippen LogP contribution in [0.4, 0.5) is 0 Å². The molecule has 2 unspecified atom stereocenters. The van der Waals surface area contributed by atoms with Crippen LogP contribution in [0.15, 0.2) is 24.3 Å². The van der Waals surface area contributed by atoms with E-state index < -0.39 is 6.04 Å². The molecule has 2 amide bonds. The van der Waals surface area contributed by atoms with E-state index >= 15 is 0 Å². The van der Waals surface area contributed by atoms with E-state index in [-0.39, 0.29) is 36.4 Å². The van der Waals surface area contributed by atoms with Gasteiger partial charge in [-0.25, -0.2) is 0 Å². The van der Waals surface area contributed by atoms with Gasteiger partial charge in [-0.3, -0.25) is 9.59 Å². The lowest BCUT2D eigenvalue weighted by Gasteiger charge is -2.35. The lowest BCUT2D eigenvalue weighted by atomic mass is 10.0. The molecule has 2 rings (SSSR count). The second kappa shape index (κ2) is 10.6. The molecule has 0 saturated carbocycles. The molecular formula is C20H32ClN3O3. The zero-order valence-corrected chi connectivity index (χ0v) is 17.4. The van der Waals surface area contributed by atoms with E-state index in [9.17, 15) is 9.59 Å². The maximum Gasteiger partial charge on any atom is 0.254 e. The van der Waals surface area contributed by atoms with E-state index in [0.29, 0.717) is 37.5 Å². The quantitative estimate of drug-likeness (QED) is 0.771. The molecule has 1 aliphatic heterocycles. The molecule has 0 aliphatic carbocycles. The molecule has 0 radical (unpaired) electrons. The number of benzene rings is 1. The van der Waals surface area contributed by atoms with Gasteiger partial charge in [-0.2, -0.15) is 0 Å². The van der Waals surface area contributed by atoms with Crippen LogP contribution in [-0.2, 0) is 16.1 Å². The number of carbonyl (C=O) groups is 2. The van der Waals surface area contributed by atoms with Crippen molar-refractivity contribution in [2.24, 2.45) is 11.7 Å². The number of rotatable bonds is 6. The summed E-state index contributed by atoms with van der Waals surface area (Å²) in [7, 11) is 0. The molecule has 0 spiro atoms. The Bertz CT molecular complexity index is 611. The molecule has 27 heavy (non-hydrogen) atoms. The third kappa shape index (κ3) is 7.13. The van der Waals surface area contributed by atoms with Crippen molar-refractivity contribution in [3.8, 4) is 0 Å². The Kier molecular flexibility index (Phi) is 9.22. The Balaban J connectivity index is 0.00000364. The standard InChI is InChI=1S/C20H31N3O3.ClH/c1-13(2)9-18(21)19(24)22-10-16-5-7-17(8-6-16)20(25)23-11-14(3)26-15(4)12-23;/h5-8,13-15,18H,9-12,21H2,1-4H3,(H,22,24);1H/t14?,15?,18-;/m0./s1. The molecule has 6 nitrogen and oxygen atoms in total. The number of ether oxygens (including phenoxy) is 1. The molecule has 7 heteroatoms. The van der Waals surface area contributed by atoms with Crippen molar-refractivity contribution in [2.75, 3.05) is 13.1 Å². The van der Waals surface area contributed by atoms with E-state index in [0.717, 1.165) is 5.56 Å². The summed E-state index contributed by atoms with van der Waals surface area (Å²) in [6.45, 7) is 9.66. The van der Waals surface area contributed by atoms with Crippen LogP contribution < -0.4 is 11.1 Å². The van der Waals surface area contributed by atoms with E-state index in [4.69, 9.17) is 10.5 Å². The smallest absolute Gasteiger partial charge is 0.254 e. The van der Waals surface area contributed by atoms with Crippen LogP contribution in [0.3, 0.4) is 0 Å².